The summed E-state index contributed by atoms with van der Waals surface area (Å²) < 4.78 is 9.98. The van der Waals surface area contributed by atoms with Gasteiger partial charge >= 0.3 is 0 Å². The molecule has 0 saturated carbocycles. The van der Waals surface area contributed by atoms with Gasteiger partial charge in [0.1, 0.15) is 11.3 Å². The van der Waals surface area contributed by atoms with Crippen molar-refractivity contribution in [1.29, 1.82) is 0 Å². The molecule has 3 aliphatic rings. The van der Waals surface area contributed by atoms with Crippen molar-refractivity contribution in [2.45, 2.75) is 52.4 Å². The molecule has 0 amide bonds. The van der Waals surface area contributed by atoms with Crippen molar-refractivity contribution >= 4 is 84.1 Å². The van der Waals surface area contributed by atoms with Crippen molar-refractivity contribution in [1.82, 2.24) is 17.9 Å². The Balaban J connectivity index is 1.38. The smallest absolute Gasteiger partial charge is 0.254 e. The van der Waals surface area contributed by atoms with Crippen molar-refractivity contribution in [3.05, 3.63) is 113 Å². The molecule has 3 aliphatic heterocycles. The molecule has 7 heterocycles. The Labute approximate surface area is 283 Å². The maximum atomic E-state index is 14.8. The van der Waals surface area contributed by atoms with Gasteiger partial charge in [-0.2, -0.15) is 0 Å². The van der Waals surface area contributed by atoms with E-state index in [2.05, 4.69) is 150 Å². The summed E-state index contributed by atoms with van der Waals surface area (Å²) in [5.74, 6) is 0.129. The second-order valence-electron chi connectivity index (χ2n) is 16.5. The zero-order valence-corrected chi connectivity index (χ0v) is 28.4. The number of para-hydroxylation sites is 2. The Morgan fingerprint density at radius 2 is 0.939 bits per heavy atom. The summed E-state index contributed by atoms with van der Waals surface area (Å²) in [4.78, 5) is 14.8. The highest BCUT2D eigenvalue weighted by Crippen LogP contribution is 2.46. The predicted octanol–water partition coefficient (Wildman–Crippen LogP) is 7.67. The molecule has 5 aromatic carbocycles. The number of imidazole rings is 2. The molecule has 0 saturated heterocycles. The minimum absolute atomic E-state index is 0.0331. The average molecular weight is 633 g/mol. The number of aromatic nitrogens is 4. The summed E-state index contributed by atoms with van der Waals surface area (Å²) in [5, 5.41) is 2.57. The fraction of sp³-hybridized carbons (Fsp3) is 0.186. The highest BCUT2D eigenvalue weighted by atomic mass is 16.1. The van der Waals surface area contributed by atoms with Crippen molar-refractivity contribution < 1.29 is 4.79 Å². The third-order valence-corrected chi connectivity index (χ3v) is 11.8. The number of rotatable bonds is 0. The summed E-state index contributed by atoms with van der Waals surface area (Å²) in [6.07, 6.45) is 0. The first kappa shape index (κ1) is 26.5. The first-order valence-corrected chi connectivity index (χ1v) is 17.5. The number of fused-ring (bicyclic) bond motifs is 12. The van der Waals surface area contributed by atoms with Crippen LogP contribution in [0.15, 0.2) is 91.0 Å². The molecule has 49 heavy (non-hydrogen) atoms. The number of nitrogens with zero attached hydrogens (tertiary/aromatic N) is 4. The Bertz CT molecular complexity index is 2890. The average Bonchev–Trinajstić information content (AvgIpc) is 3.79. The molecule has 5 nitrogen and oxygen atoms in total. The fourth-order valence-corrected chi connectivity index (χ4v) is 10.3. The Kier molecular flexibility index (Phi) is 4.25. The molecular weight excluding hydrogens is 599 g/mol. The number of carbonyl (C=O) groups excluding carboxylic acids is 1. The van der Waals surface area contributed by atoms with Gasteiger partial charge in [-0.25, -0.2) is 0 Å². The number of hydrogen-bond donors (Lipinski definition) is 0. The van der Waals surface area contributed by atoms with E-state index in [0.29, 0.717) is 0 Å². The molecule has 6 heteroatoms. The summed E-state index contributed by atoms with van der Waals surface area (Å²) in [6.45, 7) is 13.9. The van der Waals surface area contributed by atoms with E-state index in [4.69, 9.17) is 0 Å². The molecule has 0 radical (unpaired) electrons. The van der Waals surface area contributed by atoms with Gasteiger partial charge in [-0.3, -0.25) is 22.7 Å². The van der Waals surface area contributed by atoms with Crippen LogP contribution >= 0.6 is 0 Å². The van der Waals surface area contributed by atoms with Crippen LogP contribution in [-0.4, -0.2) is 30.4 Å². The lowest BCUT2D eigenvalue weighted by atomic mass is 9.31. The monoisotopic (exact) mass is 632 g/mol. The van der Waals surface area contributed by atoms with Crippen LogP contribution in [0.25, 0.3) is 66.5 Å². The van der Waals surface area contributed by atoms with Gasteiger partial charge in [0.25, 0.3) is 6.71 Å². The number of ketones is 1. The fourth-order valence-electron chi connectivity index (χ4n) is 10.3. The maximum absolute atomic E-state index is 14.8. The van der Waals surface area contributed by atoms with Crippen LogP contribution in [0.2, 0.25) is 0 Å². The van der Waals surface area contributed by atoms with Crippen molar-refractivity contribution in [2.24, 2.45) is 0 Å². The van der Waals surface area contributed by atoms with Gasteiger partial charge in [-0.15, -0.1) is 0 Å². The van der Waals surface area contributed by atoms with Crippen molar-refractivity contribution in [3.63, 3.8) is 0 Å². The third kappa shape index (κ3) is 2.71. The molecule has 0 unspecified atom stereocenters. The topological polar surface area (TPSA) is 35.8 Å². The first-order valence-electron chi connectivity index (χ1n) is 17.5. The molecule has 0 N–H and O–H groups in total. The van der Waals surface area contributed by atoms with Gasteiger partial charge < -0.3 is 0 Å². The molecule has 0 bridgehead atoms. The highest BCUT2D eigenvalue weighted by Gasteiger charge is 2.48. The zero-order valence-electron chi connectivity index (χ0n) is 28.4. The van der Waals surface area contributed by atoms with Gasteiger partial charge in [0.2, 0.25) is 0 Å². The second-order valence-corrected chi connectivity index (χ2v) is 16.5. The van der Waals surface area contributed by atoms with E-state index in [1.54, 1.807) is 0 Å². The standard InChI is InChI=1S/C43H33BN4O/c1-42(2,3)32-22-12-7-9-14-26(22)45-30-20-18-24-34-37(30)47(40(32)45)28-16-11-17-29-36(28)44(34)35-25(39(24)49)19-21-31-38(35)48(29)41-33(43(4,5)6)23-13-8-10-15-27(23)46(31)41/h7-21H,1-6H3. The van der Waals surface area contributed by atoms with Crippen molar-refractivity contribution in [3.8, 4) is 11.4 Å². The van der Waals surface area contributed by atoms with Crippen LogP contribution in [0.3, 0.4) is 0 Å². The second kappa shape index (κ2) is 7.87. The van der Waals surface area contributed by atoms with Gasteiger partial charge in [-0.05, 0) is 75.7 Å². The van der Waals surface area contributed by atoms with E-state index >= 15 is 0 Å². The summed E-state index contributed by atoms with van der Waals surface area (Å²) >= 11 is 0. The normalized spacial score (nSPS) is 14.7. The minimum atomic E-state index is -0.115. The molecule has 234 valence electrons. The molecule has 0 spiro atoms. The van der Waals surface area contributed by atoms with Gasteiger partial charge in [0, 0.05) is 44.4 Å². The molecule has 9 aromatic rings. The summed E-state index contributed by atoms with van der Waals surface area (Å²) in [5.41, 5.74) is 19.6. The number of carbonyl (C=O) groups is 1. The highest BCUT2D eigenvalue weighted by molar-refractivity contribution is 7.02. The van der Waals surface area contributed by atoms with Gasteiger partial charge in [0.05, 0.1) is 33.1 Å². The quantitative estimate of drug-likeness (QED) is 0.158. The minimum Gasteiger partial charge on any atom is -0.295 e. The summed E-state index contributed by atoms with van der Waals surface area (Å²) in [6, 6.07) is 33.2. The lowest BCUT2D eigenvalue weighted by molar-refractivity contribution is 0.104. The predicted molar refractivity (Wildman–Crippen MR) is 203 cm³/mol. The van der Waals surface area contributed by atoms with E-state index in [9.17, 15) is 4.79 Å². The largest absolute Gasteiger partial charge is 0.295 e. The van der Waals surface area contributed by atoms with E-state index in [0.717, 1.165) is 33.1 Å². The molecule has 0 aliphatic carbocycles. The first-order chi connectivity index (χ1) is 23.6. The Morgan fingerprint density at radius 3 is 1.39 bits per heavy atom. The van der Waals surface area contributed by atoms with E-state index in [-0.39, 0.29) is 23.3 Å². The Hall–Kier alpha value is -5.49. The number of benzene rings is 5. The van der Waals surface area contributed by atoms with Gasteiger partial charge in [0.15, 0.2) is 5.78 Å². The van der Waals surface area contributed by atoms with E-state index < -0.39 is 0 Å². The van der Waals surface area contributed by atoms with Gasteiger partial charge in [-0.1, -0.05) is 84.0 Å². The molecule has 0 atom stereocenters. The molecule has 4 aromatic heterocycles. The maximum Gasteiger partial charge on any atom is 0.254 e. The van der Waals surface area contributed by atoms with Crippen LogP contribution in [-0.2, 0) is 10.8 Å². The SMILES string of the molecule is CC(C)(C)c1c2ccccc2n2c3ccc4c5c3n(c12)-c1cccc2c1B5c1c(ccc3c1n-2c1c(C(C)(C)C)c2ccccc2n31)C4=O. The van der Waals surface area contributed by atoms with Crippen LogP contribution in [0.1, 0.15) is 68.6 Å². The van der Waals surface area contributed by atoms with Crippen LogP contribution in [0.5, 0.6) is 0 Å². The van der Waals surface area contributed by atoms with Crippen LogP contribution in [0, 0.1) is 0 Å². The van der Waals surface area contributed by atoms with Crippen molar-refractivity contribution in [2.75, 3.05) is 0 Å². The lowest BCUT2D eigenvalue weighted by Crippen LogP contribution is -2.64. The number of hydrogen-bond acceptors (Lipinski definition) is 1. The summed E-state index contributed by atoms with van der Waals surface area (Å²) in [7, 11) is 0. The molecular formula is C43H33BN4O. The lowest BCUT2D eigenvalue weighted by Gasteiger charge is -2.37. The molecule has 0 fully saturated rings. The molecule has 12 rings (SSSR count). The third-order valence-electron chi connectivity index (χ3n) is 11.8. The van der Waals surface area contributed by atoms with Crippen LogP contribution in [0.4, 0.5) is 0 Å². The van der Waals surface area contributed by atoms with E-state index in [1.807, 2.05) is 0 Å². The Morgan fingerprint density at radius 1 is 0.490 bits per heavy atom. The van der Waals surface area contributed by atoms with Crippen LogP contribution < -0.4 is 16.4 Å². The zero-order chi connectivity index (χ0) is 33.0. The van der Waals surface area contributed by atoms with E-state index in [1.165, 1.54) is 72.1 Å².